The maximum absolute atomic E-state index is 11.2. The van der Waals surface area contributed by atoms with E-state index in [4.69, 9.17) is 10.5 Å². The van der Waals surface area contributed by atoms with Gasteiger partial charge in [0.15, 0.2) is 5.69 Å². The lowest BCUT2D eigenvalue weighted by Crippen LogP contribution is -2.16. The summed E-state index contributed by atoms with van der Waals surface area (Å²) in [7, 11) is 1.62. The number of nitrogens with two attached hydrogens (primary N) is 1. The van der Waals surface area contributed by atoms with Crippen LogP contribution in [0.2, 0.25) is 0 Å². The van der Waals surface area contributed by atoms with Gasteiger partial charge in [-0.15, -0.1) is 5.10 Å². The van der Waals surface area contributed by atoms with Gasteiger partial charge in [0.1, 0.15) is 0 Å². The van der Waals surface area contributed by atoms with Gasteiger partial charge in [-0.1, -0.05) is 31.4 Å². The number of amides is 1. The normalized spacial score (nSPS) is 10.8. The fraction of sp³-hybridized carbons (Fsp3) is 0.750. The largest absolute Gasteiger partial charge is 0.384 e. The van der Waals surface area contributed by atoms with E-state index in [1.807, 2.05) is 0 Å². The second kappa shape index (κ2) is 7.81. The van der Waals surface area contributed by atoms with Crippen molar-refractivity contribution in [2.45, 2.75) is 45.6 Å². The first-order valence-electron chi connectivity index (χ1n) is 6.41. The molecule has 0 aliphatic heterocycles. The lowest BCUT2D eigenvalue weighted by molar-refractivity contribution is 0.0994. The number of methoxy groups -OCH3 is 1. The molecule has 0 aromatic carbocycles. The van der Waals surface area contributed by atoms with Crippen LogP contribution in [-0.4, -0.2) is 34.6 Å². The molecular formula is C12H22N4O2. The first kappa shape index (κ1) is 14.6. The molecule has 0 saturated heterocycles. The zero-order valence-corrected chi connectivity index (χ0v) is 11.2. The van der Waals surface area contributed by atoms with Gasteiger partial charge in [-0.2, -0.15) is 0 Å². The van der Waals surface area contributed by atoms with E-state index in [0.717, 1.165) is 25.1 Å². The molecule has 1 aromatic rings. The molecule has 0 aliphatic rings. The van der Waals surface area contributed by atoms with Crippen LogP contribution in [0.15, 0.2) is 0 Å². The monoisotopic (exact) mass is 254 g/mol. The molecule has 6 nitrogen and oxygen atoms in total. The maximum Gasteiger partial charge on any atom is 0.271 e. The van der Waals surface area contributed by atoms with E-state index in [2.05, 4.69) is 17.2 Å². The first-order valence-corrected chi connectivity index (χ1v) is 6.41. The van der Waals surface area contributed by atoms with Crippen molar-refractivity contribution in [3.8, 4) is 0 Å². The highest BCUT2D eigenvalue weighted by atomic mass is 16.5. The lowest BCUT2D eigenvalue weighted by Gasteiger charge is -2.06. The van der Waals surface area contributed by atoms with Gasteiger partial charge in [-0.3, -0.25) is 4.79 Å². The summed E-state index contributed by atoms with van der Waals surface area (Å²) in [5.74, 6) is -0.527. The Kier molecular flexibility index (Phi) is 6.35. The van der Waals surface area contributed by atoms with Crippen LogP contribution in [-0.2, 0) is 17.7 Å². The lowest BCUT2D eigenvalue weighted by atomic mass is 10.2. The minimum absolute atomic E-state index is 0.266. The van der Waals surface area contributed by atoms with E-state index in [0.29, 0.717) is 13.0 Å². The summed E-state index contributed by atoms with van der Waals surface area (Å²) in [5.41, 5.74) is 6.33. The summed E-state index contributed by atoms with van der Waals surface area (Å²) in [6.07, 6.45) is 5.21. The summed E-state index contributed by atoms with van der Waals surface area (Å²) < 4.78 is 6.80. The smallest absolute Gasteiger partial charge is 0.271 e. The van der Waals surface area contributed by atoms with Gasteiger partial charge >= 0.3 is 0 Å². The fourth-order valence-electron chi connectivity index (χ4n) is 1.84. The molecule has 102 valence electrons. The van der Waals surface area contributed by atoms with Gasteiger partial charge in [0, 0.05) is 20.1 Å². The zero-order valence-electron chi connectivity index (χ0n) is 11.2. The standard InChI is InChI=1S/C12H22N4O2/c1-3-4-5-6-8-16-10(7-9-18-2)11(12(13)17)14-15-16/h3-9H2,1-2H3,(H2,13,17). The fourth-order valence-corrected chi connectivity index (χ4v) is 1.84. The molecule has 2 N–H and O–H groups in total. The number of hydrogen-bond acceptors (Lipinski definition) is 4. The maximum atomic E-state index is 11.2. The van der Waals surface area contributed by atoms with Gasteiger partial charge in [-0.05, 0) is 6.42 Å². The second-order valence-electron chi connectivity index (χ2n) is 4.28. The van der Waals surface area contributed by atoms with Crippen molar-refractivity contribution in [2.75, 3.05) is 13.7 Å². The molecule has 0 saturated carbocycles. The molecule has 0 radical (unpaired) electrons. The Balaban J connectivity index is 2.67. The van der Waals surface area contributed by atoms with Crippen LogP contribution in [0, 0.1) is 0 Å². The number of aromatic nitrogens is 3. The highest BCUT2D eigenvalue weighted by molar-refractivity contribution is 5.91. The van der Waals surface area contributed by atoms with E-state index in [1.165, 1.54) is 12.8 Å². The van der Waals surface area contributed by atoms with Crippen LogP contribution in [0.25, 0.3) is 0 Å². The van der Waals surface area contributed by atoms with Gasteiger partial charge in [0.2, 0.25) is 0 Å². The van der Waals surface area contributed by atoms with Crippen molar-refractivity contribution < 1.29 is 9.53 Å². The summed E-state index contributed by atoms with van der Waals surface area (Å²) in [6, 6.07) is 0. The van der Waals surface area contributed by atoms with Crippen LogP contribution in [0.4, 0.5) is 0 Å². The number of ether oxygens (including phenoxy) is 1. The van der Waals surface area contributed by atoms with Crippen LogP contribution in [0.5, 0.6) is 0 Å². The Bertz CT molecular complexity index is 376. The number of carbonyl (C=O) groups is 1. The van der Waals surface area contributed by atoms with Gasteiger partial charge in [-0.25, -0.2) is 4.68 Å². The van der Waals surface area contributed by atoms with Gasteiger partial charge in [0.05, 0.1) is 12.3 Å². The van der Waals surface area contributed by atoms with Gasteiger partial charge in [0.25, 0.3) is 5.91 Å². The highest BCUT2D eigenvalue weighted by Gasteiger charge is 2.16. The SMILES string of the molecule is CCCCCCn1nnc(C(N)=O)c1CCOC. The number of unbranched alkanes of at least 4 members (excludes halogenated alkanes) is 3. The molecule has 0 aliphatic carbocycles. The predicted octanol–water partition coefficient (Wildman–Crippen LogP) is 1.15. The van der Waals surface area contributed by atoms with Gasteiger partial charge < -0.3 is 10.5 Å². The molecule has 1 amide bonds. The third-order valence-corrected chi connectivity index (χ3v) is 2.84. The second-order valence-corrected chi connectivity index (χ2v) is 4.28. The zero-order chi connectivity index (χ0) is 13.4. The predicted molar refractivity (Wildman–Crippen MR) is 68.3 cm³/mol. The molecule has 0 atom stereocenters. The van der Waals surface area contributed by atoms with Crippen molar-refractivity contribution in [2.24, 2.45) is 5.73 Å². The molecular weight excluding hydrogens is 232 g/mol. The molecule has 18 heavy (non-hydrogen) atoms. The van der Waals surface area contributed by atoms with E-state index < -0.39 is 5.91 Å². The Morgan fingerprint density at radius 3 is 2.78 bits per heavy atom. The van der Waals surface area contributed by atoms with Crippen LogP contribution >= 0.6 is 0 Å². The highest BCUT2D eigenvalue weighted by Crippen LogP contribution is 2.09. The summed E-state index contributed by atoms with van der Waals surface area (Å²) in [4.78, 5) is 11.2. The number of aryl methyl sites for hydroxylation is 1. The number of primary amides is 1. The first-order chi connectivity index (χ1) is 8.70. The van der Waals surface area contributed by atoms with Crippen molar-refractivity contribution in [3.63, 3.8) is 0 Å². The van der Waals surface area contributed by atoms with Crippen LogP contribution in [0.3, 0.4) is 0 Å². The van der Waals surface area contributed by atoms with E-state index in [9.17, 15) is 4.79 Å². The Labute approximate surface area is 107 Å². The molecule has 6 heteroatoms. The Morgan fingerprint density at radius 2 is 2.17 bits per heavy atom. The van der Waals surface area contributed by atoms with Crippen molar-refractivity contribution >= 4 is 5.91 Å². The van der Waals surface area contributed by atoms with Crippen molar-refractivity contribution in [3.05, 3.63) is 11.4 Å². The van der Waals surface area contributed by atoms with Crippen LogP contribution in [0.1, 0.15) is 48.8 Å². The molecule has 1 aromatic heterocycles. The van der Waals surface area contributed by atoms with E-state index in [1.54, 1.807) is 11.8 Å². The molecule has 0 fully saturated rings. The van der Waals surface area contributed by atoms with Crippen LogP contribution < -0.4 is 5.73 Å². The molecule has 0 spiro atoms. The number of hydrogen-bond donors (Lipinski definition) is 1. The molecule has 1 rings (SSSR count). The Hall–Kier alpha value is -1.43. The minimum Gasteiger partial charge on any atom is -0.384 e. The van der Waals surface area contributed by atoms with E-state index in [-0.39, 0.29) is 5.69 Å². The summed E-state index contributed by atoms with van der Waals surface area (Å²) in [6.45, 7) is 3.48. The summed E-state index contributed by atoms with van der Waals surface area (Å²) in [5, 5.41) is 7.85. The number of rotatable bonds is 9. The average Bonchev–Trinajstić information content (AvgIpc) is 2.75. The van der Waals surface area contributed by atoms with Crippen molar-refractivity contribution in [1.29, 1.82) is 0 Å². The third-order valence-electron chi connectivity index (χ3n) is 2.84. The summed E-state index contributed by atoms with van der Waals surface area (Å²) >= 11 is 0. The number of carbonyl (C=O) groups excluding carboxylic acids is 1. The molecule has 0 bridgehead atoms. The number of nitrogens with zero attached hydrogens (tertiary/aromatic N) is 3. The average molecular weight is 254 g/mol. The quantitative estimate of drug-likeness (QED) is 0.670. The van der Waals surface area contributed by atoms with Crippen molar-refractivity contribution in [1.82, 2.24) is 15.0 Å². The van der Waals surface area contributed by atoms with E-state index >= 15 is 0 Å². The topological polar surface area (TPSA) is 83.0 Å². The molecule has 1 heterocycles. The third kappa shape index (κ3) is 4.10. The Morgan fingerprint density at radius 1 is 1.39 bits per heavy atom. The minimum atomic E-state index is -0.527. The molecule has 0 unspecified atom stereocenters.